The summed E-state index contributed by atoms with van der Waals surface area (Å²) >= 11 is 12.7. The highest BCUT2D eigenvalue weighted by Crippen LogP contribution is 2.47. The van der Waals surface area contributed by atoms with Gasteiger partial charge in [-0.05, 0) is 23.3 Å². The van der Waals surface area contributed by atoms with Gasteiger partial charge in [0.1, 0.15) is 10.8 Å². The minimum atomic E-state index is -0.856. The van der Waals surface area contributed by atoms with Crippen molar-refractivity contribution in [2.45, 2.75) is 12.6 Å². The van der Waals surface area contributed by atoms with E-state index in [1.165, 1.54) is 25.2 Å². The molecule has 1 aromatic heterocycles. The number of methoxy groups -OCH3 is 2. The predicted molar refractivity (Wildman–Crippen MR) is 128 cm³/mol. The third-order valence-electron chi connectivity index (χ3n) is 5.53. The average molecular weight is 499 g/mol. The molecule has 0 spiro atoms. The van der Waals surface area contributed by atoms with Gasteiger partial charge < -0.3 is 19.5 Å². The van der Waals surface area contributed by atoms with Crippen molar-refractivity contribution in [1.82, 2.24) is 9.88 Å². The van der Waals surface area contributed by atoms with Gasteiger partial charge in [-0.15, -0.1) is 0 Å². The Bertz CT molecular complexity index is 1280. The molecule has 1 unspecified atom stereocenters. The van der Waals surface area contributed by atoms with Crippen LogP contribution in [0, 0.1) is 0 Å². The van der Waals surface area contributed by atoms with Gasteiger partial charge in [0, 0.05) is 18.9 Å². The molecule has 4 rings (SSSR count). The van der Waals surface area contributed by atoms with Crippen LogP contribution in [0.2, 0.25) is 10.0 Å². The van der Waals surface area contributed by atoms with Crippen LogP contribution in [0.4, 0.5) is 0 Å². The second kappa shape index (κ2) is 9.75. The lowest BCUT2D eigenvalue weighted by atomic mass is 9.95. The number of pyridine rings is 1. The number of likely N-dealkylation sites (tertiary alicyclic amines) is 1. The molecule has 1 amide bonds. The Morgan fingerprint density at radius 1 is 1.06 bits per heavy atom. The summed E-state index contributed by atoms with van der Waals surface area (Å²) in [7, 11) is 2.76. The summed E-state index contributed by atoms with van der Waals surface area (Å²) < 4.78 is 10.6. The number of ether oxygens (including phenoxy) is 2. The number of aliphatic hydroxyl groups is 1. The molecule has 2 aromatic carbocycles. The molecule has 1 saturated heterocycles. The Labute approximate surface area is 206 Å². The van der Waals surface area contributed by atoms with Crippen LogP contribution in [0.25, 0.3) is 5.76 Å². The fraction of sp³-hybridized carbons (Fsp3) is 0.160. The van der Waals surface area contributed by atoms with E-state index in [1.807, 2.05) is 6.07 Å². The molecule has 2 heterocycles. The van der Waals surface area contributed by atoms with Gasteiger partial charge in [0.2, 0.25) is 0 Å². The topological polar surface area (TPSA) is 89.0 Å². The largest absolute Gasteiger partial charge is 0.507 e. The third kappa shape index (κ3) is 4.08. The van der Waals surface area contributed by atoms with E-state index in [-0.39, 0.29) is 39.2 Å². The fourth-order valence-electron chi connectivity index (χ4n) is 4.00. The van der Waals surface area contributed by atoms with Crippen LogP contribution in [0.1, 0.15) is 22.7 Å². The Hall–Kier alpha value is -3.55. The monoisotopic (exact) mass is 498 g/mol. The number of hydrogen-bond donors (Lipinski definition) is 1. The van der Waals surface area contributed by atoms with Gasteiger partial charge in [0.15, 0.2) is 11.5 Å². The molecule has 0 aliphatic carbocycles. The minimum absolute atomic E-state index is 0.0277. The summed E-state index contributed by atoms with van der Waals surface area (Å²) in [5, 5.41) is 11.5. The van der Waals surface area contributed by atoms with Crippen LogP contribution in [0.5, 0.6) is 11.5 Å². The summed E-state index contributed by atoms with van der Waals surface area (Å²) in [6.07, 6.45) is 3.24. The van der Waals surface area contributed by atoms with E-state index in [0.717, 1.165) is 5.56 Å². The molecule has 1 aliphatic heterocycles. The maximum atomic E-state index is 13.2. The van der Waals surface area contributed by atoms with E-state index < -0.39 is 23.5 Å². The van der Waals surface area contributed by atoms with Crippen molar-refractivity contribution in [3.63, 3.8) is 0 Å². The van der Waals surface area contributed by atoms with E-state index in [0.29, 0.717) is 5.56 Å². The number of carbonyl (C=O) groups is 2. The first-order chi connectivity index (χ1) is 16.4. The predicted octanol–water partition coefficient (Wildman–Crippen LogP) is 5.03. The minimum Gasteiger partial charge on any atom is -0.507 e. The van der Waals surface area contributed by atoms with E-state index in [4.69, 9.17) is 32.7 Å². The van der Waals surface area contributed by atoms with E-state index in [2.05, 4.69) is 4.98 Å². The third-order valence-corrected chi connectivity index (χ3v) is 6.15. The second-order valence-corrected chi connectivity index (χ2v) is 8.27. The lowest BCUT2D eigenvalue weighted by molar-refractivity contribution is -0.140. The van der Waals surface area contributed by atoms with Gasteiger partial charge in [-0.1, -0.05) is 59.6 Å². The number of ketones is 1. The van der Waals surface area contributed by atoms with Crippen LogP contribution in [-0.2, 0) is 16.1 Å². The Morgan fingerprint density at radius 2 is 1.76 bits per heavy atom. The summed E-state index contributed by atoms with van der Waals surface area (Å²) in [4.78, 5) is 31.9. The summed E-state index contributed by atoms with van der Waals surface area (Å²) in [5.41, 5.74) is 1.35. The first kappa shape index (κ1) is 23.6. The maximum absolute atomic E-state index is 13.2. The van der Waals surface area contributed by atoms with E-state index in [9.17, 15) is 14.7 Å². The second-order valence-electron chi connectivity index (χ2n) is 7.49. The van der Waals surface area contributed by atoms with Gasteiger partial charge in [0.05, 0.1) is 36.4 Å². The number of nitrogens with zero attached hydrogens (tertiary/aromatic N) is 2. The summed E-state index contributed by atoms with van der Waals surface area (Å²) in [6.45, 7) is 0.121. The van der Waals surface area contributed by atoms with Crippen LogP contribution < -0.4 is 9.47 Å². The molecular weight excluding hydrogens is 479 g/mol. The van der Waals surface area contributed by atoms with Crippen molar-refractivity contribution >= 4 is 40.7 Å². The molecule has 9 heteroatoms. The molecule has 3 aromatic rings. The van der Waals surface area contributed by atoms with Crippen molar-refractivity contribution in [2.75, 3.05) is 14.2 Å². The van der Waals surface area contributed by atoms with Crippen molar-refractivity contribution < 1.29 is 24.2 Å². The molecule has 0 saturated carbocycles. The lowest BCUT2D eigenvalue weighted by Gasteiger charge is -2.25. The van der Waals surface area contributed by atoms with Crippen LogP contribution in [0.3, 0.4) is 0 Å². The Balaban J connectivity index is 1.93. The van der Waals surface area contributed by atoms with Crippen LogP contribution in [0.15, 0.2) is 66.5 Å². The molecule has 174 valence electrons. The molecule has 0 bridgehead atoms. The molecule has 0 radical (unpaired) electrons. The molecular formula is C25H20Cl2N2O5. The number of aliphatic hydroxyl groups excluding tert-OH is 1. The van der Waals surface area contributed by atoms with Crippen molar-refractivity contribution in [3.8, 4) is 11.5 Å². The van der Waals surface area contributed by atoms with Crippen LogP contribution in [-0.4, -0.2) is 40.9 Å². The number of aromatic nitrogens is 1. The zero-order valence-electron chi connectivity index (χ0n) is 18.3. The highest BCUT2D eigenvalue weighted by atomic mass is 35.5. The number of amides is 1. The van der Waals surface area contributed by atoms with E-state index in [1.54, 1.807) is 48.8 Å². The van der Waals surface area contributed by atoms with Gasteiger partial charge in [-0.3, -0.25) is 14.6 Å². The maximum Gasteiger partial charge on any atom is 0.295 e. The van der Waals surface area contributed by atoms with Crippen LogP contribution >= 0.6 is 23.2 Å². The summed E-state index contributed by atoms with van der Waals surface area (Å²) in [6, 6.07) is 13.1. The normalized spacial score (nSPS) is 17.2. The highest BCUT2D eigenvalue weighted by Gasteiger charge is 2.46. The zero-order chi connectivity index (χ0) is 24.4. The number of halogens is 2. The first-order valence-electron chi connectivity index (χ1n) is 10.2. The number of Topliss-reactive ketones (excluding diaryl/α,β-unsaturated/α-hetero) is 1. The van der Waals surface area contributed by atoms with Crippen molar-refractivity contribution in [2.24, 2.45) is 0 Å². The molecule has 1 fully saturated rings. The molecule has 34 heavy (non-hydrogen) atoms. The van der Waals surface area contributed by atoms with Gasteiger partial charge in [-0.25, -0.2) is 0 Å². The molecule has 7 nitrogen and oxygen atoms in total. The lowest BCUT2D eigenvalue weighted by Crippen LogP contribution is -2.29. The van der Waals surface area contributed by atoms with Gasteiger partial charge in [0.25, 0.3) is 11.7 Å². The number of hydrogen-bond acceptors (Lipinski definition) is 6. The molecule has 1 N–H and O–H groups in total. The smallest absolute Gasteiger partial charge is 0.295 e. The number of rotatable bonds is 6. The first-order valence-corrected chi connectivity index (χ1v) is 11.0. The molecule has 1 aliphatic rings. The summed E-state index contributed by atoms with van der Waals surface area (Å²) in [5.74, 6) is -1.81. The Kier molecular flexibility index (Phi) is 6.77. The zero-order valence-corrected chi connectivity index (χ0v) is 19.8. The fourth-order valence-corrected chi connectivity index (χ4v) is 4.69. The number of benzene rings is 2. The SMILES string of the molecule is COc1c(Cl)cc(/C(O)=C2\C(=O)C(=O)N(Cc3cccnc3)C2c2ccccc2)c(OC)c1Cl. The standard InChI is InChI=1S/C25H20Cl2N2O5/c1-33-23-16(11-17(26)24(34-2)19(23)27)21(30)18-20(15-8-4-3-5-9-15)29(25(32)22(18)31)13-14-7-6-10-28-12-14/h3-12,20,30H,13H2,1-2H3/b21-18+. The average Bonchev–Trinajstić information content (AvgIpc) is 3.09. The number of carbonyl (C=O) groups excluding carboxylic acids is 2. The van der Waals surface area contributed by atoms with Gasteiger partial charge >= 0.3 is 0 Å². The molecule has 1 atom stereocenters. The van der Waals surface area contributed by atoms with Crippen molar-refractivity contribution in [1.29, 1.82) is 0 Å². The highest BCUT2D eigenvalue weighted by molar-refractivity contribution is 6.47. The quantitative estimate of drug-likeness (QED) is 0.291. The Morgan fingerprint density at radius 3 is 2.38 bits per heavy atom. The van der Waals surface area contributed by atoms with Gasteiger partial charge in [-0.2, -0.15) is 0 Å². The van der Waals surface area contributed by atoms with Crippen molar-refractivity contribution in [3.05, 3.63) is 93.2 Å². The van der Waals surface area contributed by atoms with E-state index >= 15 is 0 Å².